The van der Waals surface area contributed by atoms with Crippen molar-refractivity contribution in [2.45, 2.75) is 71.0 Å². The highest BCUT2D eigenvalue weighted by Gasteiger charge is 2.39. The van der Waals surface area contributed by atoms with Gasteiger partial charge in [0.2, 0.25) is 11.8 Å². The van der Waals surface area contributed by atoms with Gasteiger partial charge >= 0.3 is 0 Å². The van der Waals surface area contributed by atoms with E-state index in [0.29, 0.717) is 43.1 Å². The molecule has 10 nitrogen and oxygen atoms in total. The van der Waals surface area contributed by atoms with E-state index in [-0.39, 0.29) is 30.2 Å². The Morgan fingerprint density at radius 3 is 2.75 bits per heavy atom. The zero-order chi connectivity index (χ0) is 25.7. The number of aromatic nitrogens is 2. The van der Waals surface area contributed by atoms with E-state index in [0.717, 1.165) is 31.2 Å². The van der Waals surface area contributed by atoms with Gasteiger partial charge in [0.05, 0.1) is 6.61 Å². The maximum atomic E-state index is 12.8. The number of imide groups is 1. The Kier molecular flexibility index (Phi) is 8.02. The summed E-state index contributed by atoms with van der Waals surface area (Å²) in [5, 5.41) is 9.46. The molecule has 1 unspecified atom stereocenters. The summed E-state index contributed by atoms with van der Waals surface area (Å²) in [6.45, 7) is 5.49. The van der Waals surface area contributed by atoms with Crippen molar-refractivity contribution >= 4 is 23.6 Å². The van der Waals surface area contributed by atoms with Crippen molar-refractivity contribution in [2.24, 2.45) is 0 Å². The highest BCUT2D eigenvalue weighted by molar-refractivity contribution is 6.05. The van der Waals surface area contributed by atoms with Gasteiger partial charge in [-0.15, -0.1) is 0 Å². The monoisotopic (exact) mass is 495 g/mol. The van der Waals surface area contributed by atoms with Gasteiger partial charge in [-0.3, -0.25) is 29.2 Å². The summed E-state index contributed by atoms with van der Waals surface area (Å²) in [5.41, 5.74) is 1.98. The van der Waals surface area contributed by atoms with Crippen LogP contribution in [0.1, 0.15) is 84.8 Å². The van der Waals surface area contributed by atoms with Gasteiger partial charge in [0.15, 0.2) is 0 Å². The van der Waals surface area contributed by atoms with Crippen LogP contribution in [-0.2, 0) is 16.1 Å². The summed E-state index contributed by atoms with van der Waals surface area (Å²) >= 11 is 0. The SMILES string of the molecule is CC(C)n1nccc1C(=O)NCCCCCCOc1ccc2c(c1)CN(C1CCC(=O)NC1=O)C2=O. The lowest BCUT2D eigenvalue weighted by molar-refractivity contribution is -0.136. The molecule has 192 valence electrons. The number of piperidine rings is 1. The second kappa shape index (κ2) is 11.4. The number of unbranched alkanes of at least 4 members (excludes halogenated alkanes) is 3. The number of benzene rings is 1. The van der Waals surface area contributed by atoms with E-state index in [2.05, 4.69) is 15.7 Å². The third-order valence-corrected chi connectivity index (χ3v) is 6.51. The number of fused-ring (bicyclic) bond motifs is 1. The second-order valence-corrected chi connectivity index (χ2v) is 9.49. The lowest BCUT2D eigenvalue weighted by Gasteiger charge is -2.29. The molecule has 1 fully saturated rings. The number of hydrogen-bond donors (Lipinski definition) is 2. The predicted octanol–water partition coefficient (Wildman–Crippen LogP) is 2.59. The molecule has 3 heterocycles. The number of rotatable bonds is 11. The minimum atomic E-state index is -0.617. The van der Waals surface area contributed by atoms with Gasteiger partial charge in [0.25, 0.3) is 11.8 Å². The van der Waals surface area contributed by atoms with Crippen molar-refractivity contribution in [3.05, 3.63) is 47.3 Å². The van der Waals surface area contributed by atoms with Gasteiger partial charge in [-0.1, -0.05) is 12.8 Å². The molecular weight excluding hydrogens is 462 g/mol. The lowest BCUT2D eigenvalue weighted by atomic mass is 10.0. The first-order valence-electron chi connectivity index (χ1n) is 12.6. The van der Waals surface area contributed by atoms with Gasteiger partial charge in [0.1, 0.15) is 17.5 Å². The summed E-state index contributed by atoms with van der Waals surface area (Å²) in [5.74, 6) is -0.301. The van der Waals surface area contributed by atoms with Crippen molar-refractivity contribution in [1.82, 2.24) is 25.3 Å². The summed E-state index contributed by atoms with van der Waals surface area (Å²) in [6.07, 6.45) is 5.95. The fourth-order valence-corrected chi connectivity index (χ4v) is 4.61. The number of nitrogens with zero attached hydrogens (tertiary/aromatic N) is 3. The molecule has 36 heavy (non-hydrogen) atoms. The topological polar surface area (TPSA) is 123 Å². The van der Waals surface area contributed by atoms with Crippen molar-refractivity contribution in [1.29, 1.82) is 0 Å². The molecule has 1 saturated heterocycles. The van der Waals surface area contributed by atoms with E-state index >= 15 is 0 Å². The third-order valence-electron chi connectivity index (χ3n) is 6.51. The van der Waals surface area contributed by atoms with Gasteiger partial charge in [-0.2, -0.15) is 5.10 Å². The number of amides is 4. The molecule has 2 aliphatic rings. The largest absolute Gasteiger partial charge is 0.494 e. The molecule has 0 saturated carbocycles. The summed E-state index contributed by atoms with van der Waals surface area (Å²) in [4.78, 5) is 50.2. The van der Waals surface area contributed by atoms with Gasteiger partial charge < -0.3 is 15.0 Å². The molecule has 4 amide bonds. The number of ether oxygens (including phenoxy) is 1. The Labute approximate surface area is 210 Å². The molecule has 2 aromatic rings. The highest BCUT2D eigenvalue weighted by Crippen LogP contribution is 2.30. The Bertz CT molecular complexity index is 1140. The maximum Gasteiger partial charge on any atom is 0.269 e. The van der Waals surface area contributed by atoms with Crippen LogP contribution in [0.3, 0.4) is 0 Å². The Morgan fingerprint density at radius 2 is 1.97 bits per heavy atom. The average molecular weight is 496 g/mol. The first kappa shape index (κ1) is 25.4. The molecule has 4 rings (SSSR count). The number of carbonyl (C=O) groups is 4. The van der Waals surface area contributed by atoms with Crippen LogP contribution in [0, 0.1) is 0 Å². The normalized spacial score (nSPS) is 17.4. The summed E-state index contributed by atoms with van der Waals surface area (Å²) in [6, 6.07) is 6.63. The van der Waals surface area contributed by atoms with Gasteiger partial charge in [-0.05, 0) is 62.9 Å². The Hall–Kier alpha value is -3.69. The number of hydrogen-bond acceptors (Lipinski definition) is 6. The van der Waals surface area contributed by atoms with Crippen LogP contribution < -0.4 is 15.4 Å². The zero-order valence-electron chi connectivity index (χ0n) is 20.8. The minimum absolute atomic E-state index is 0.101. The molecule has 0 aliphatic carbocycles. The molecule has 2 aliphatic heterocycles. The van der Waals surface area contributed by atoms with Crippen LogP contribution >= 0.6 is 0 Å². The number of carbonyl (C=O) groups excluding carboxylic acids is 4. The Balaban J connectivity index is 1.14. The summed E-state index contributed by atoms with van der Waals surface area (Å²) < 4.78 is 7.59. The maximum absolute atomic E-state index is 12.8. The van der Waals surface area contributed by atoms with E-state index < -0.39 is 11.9 Å². The predicted molar refractivity (Wildman–Crippen MR) is 131 cm³/mol. The fourth-order valence-electron chi connectivity index (χ4n) is 4.61. The molecule has 0 spiro atoms. The van der Waals surface area contributed by atoms with E-state index in [1.54, 1.807) is 29.1 Å². The lowest BCUT2D eigenvalue weighted by Crippen LogP contribution is -2.52. The first-order valence-corrected chi connectivity index (χ1v) is 12.6. The van der Waals surface area contributed by atoms with Crippen molar-refractivity contribution < 1.29 is 23.9 Å². The van der Waals surface area contributed by atoms with Gasteiger partial charge in [-0.25, -0.2) is 0 Å². The minimum Gasteiger partial charge on any atom is -0.494 e. The highest BCUT2D eigenvalue weighted by atomic mass is 16.5. The van der Waals surface area contributed by atoms with Crippen LogP contribution in [-0.4, -0.2) is 57.5 Å². The smallest absolute Gasteiger partial charge is 0.269 e. The molecule has 2 N–H and O–H groups in total. The quantitative estimate of drug-likeness (QED) is 0.365. The fraction of sp³-hybridized carbons (Fsp3) is 0.500. The molecule has 1 atom stereocenters. The van der Waals surface area contributed by atoms with Crippen LogP contribution in [0.2, 0.25) is 0 Å². The Morgan fingerprint density at radius 1 is 1.17 bits per heavy atom. The number of nitrogens with one attached hydrogen (secondary N) is 2. The molecule has 0 radical (unpaired) electrons. The van der Waals surface area contributed by atoms with E-state index in [4.69, 9.17) is 4.74 Å². The molecule has 0 bridgehead atoms. The molecular formula is C26H33N5O5. The van der Waals surface area contributed by atoms with Gasteiger partial charge in [0, 0.05) is 37.3 Å². The van der Waals surface area contributed by atoms with E-state index in [1.165, 1.54) is 4.90 Å². The average Bonchev–Trinajstić information content (AvgIpc) is 3.46. The first-order chi connectivity index (χ1) is 17.3. The zero-order valence-corrected chi connectivity index (χ0v) is 20.8. The summed E-state index contributed by atoms with van der Waals surface area (Å²) in [7, 11) is 0. The van der Waals surface area contributed by atoms with Crippen LogP contribution in [0.5, 0.6) is 5.75 Å². The standard InChI is InChI=1S/C26H33N5O5/c1-17(2)31-22(11-13-28-31)24(33)27-12-5-3-4-6-14-36-19-7-8-20-18(15-19)16-30(26(20)35)21-9-10-23(32)29-25(21)34/h7-8,11,13,15,17,21H,3-6,9-10,12,14,16H2,1-2H3,(H,27,33)(H,29,32,34). The van der Waals surface area contributed by atoms with Crippen LogP contribution in [0.4, 0.5) is 0 Å². The van der Waals surface area contributed by atoms with Crippen LogP contribution in [0.25, 0.3) is 0 Å². The molecule has 10 heteroatoms. The van der Waals surface area contributed by atoms with E-state index in [9.17, 15) is 19.2 Å². The van der Waals surface area contributed by atoms with Crippen molar-refractivity contribution in [3.8, 4) is 5.75 Å². The third kappa shape index (κ3) is 5.75. The van der Waals surface area contributed by atoms with Crippen LogP contribution in [0.15, 0.2) is 30.5 Å². The van der Waals surface area contributed by atoms with Crippen molar-refractivity contribution in [3.63, 3.8) is 0 Å². The molecule has 1 aromatic heterocycles. The van der Waals surface area contributed by atoms with Crippen molar-refractivity contribution in [2.75, 3.05) is 13.2 Å². The second-order valence-electron chi connectivity index (χ2n) is 9.49. The van der Waals surface area contributed by atoms with E-state index in [1.807, 2.05) is 19.9 Å². The molecule has 1 aromatic carbocycles.